The molecule has 0 unspecified atom stereocenters. The van der Waals surface area contributed by atoms with E-state index in [1.54, 1.807) is 6.92 Å². The molecule has 0 aliphatic carbocycles. The van der Waals surface area contributed by atoms with Crippen molar-refractivity contribution in [3.8, 4) is 0 Å². The second kappa shape index (κ2) is 4.63. The van der Waals surface area contributed by atoms with E-state index in [2.05, 4.69) is 20.2 Å². The lowest BCUT2D eigenvalue weighted by Crippen LogP contribution is -2.43. The van der Waals surface area contributed by atoms with E-state index in [1.165, 1.54) is 0 Å². The van der Waals surface area contributed by atoms with Crippen molar-refractivity contribution in [3.63, 3.8) is 0 Å². The van der Waals surface area contributed by atoms with Gasteiger partial charge in [0.2, 0.25) is 0 Å². The van der Waals surface area contributed by atoms with Crippen molar-refractivity contribution in [3.05, 3.63) is 21.7 Å². The molecular formula is C10H17N5O. The fourth-order valence-corrected chi connectivity index (χ4v) is 1.75. The molecular weight excluding hydrogens is 206 g/mol. The van der Waals surface area contributed by atoms with Gasteiger partial charge in [-0.05, 0) is 6.92 Å². The summed E-state index contributed by atoms with van der Waals surface area (Å²) in [5.41, 5.74) is 6.01. The molecule has 1 aromatic rings. The number of anilines is 1. The van der Waals surface area contributed by atoms with Gasteiger partial charge in [0, 0.05) is 26.2 Å². The third-order valence-electron chi connectivity index (χ3n) is 2.82. The van der Waals surface area contributed by atoms with E-state index in [1.807, 2.05) is 0 Å². The largest absolute Gasteiger partial charge is 0.383 e. The normalized spacial score (nSPS) is 17.6. The smallest absolute Gasteiger partial charge is 0.255 e. The number of hydrogen-bond donors (Lipinski definition) is 3. The van der Waals surface area contributed by atoms with E-state index < -0.39 is 0 Å². The monoisotopic (exact) mass is 223 g/mol. The minimum absolute atomic E-state index is 0.141. The molecule has 0 radical (unpaired) electrons. The van der Waals surface area contributed by atoms with Crippen molar-refractivity contribution >= 4 is 5.82 Å². The van der Waals surface area contributed by atoms with Crippen molar-refractivity contribution in [2.45, 2.75) is 13.5 Å². The summed E-state index contributed by atoms with van der Waals surface area (Å²) in [4.78, 5) is 20.7. The Labute approximate surface area is 93.9 Å². The van der Waals surface area contributed by atoms with Crippen LogP contribution in [0, 0.1) is 6.92 Å². The molecule has 2 rings (SSSR count). The van der Waals surface area contributed by atoms with E-state index in [0.29, 0.717) is 23.8 Å². The molecule has 0 saturated carbocycles. The number of nitrogens with one attached hydrogen (secondary N) is 2. The molecule has 0 amide bonds. The number of nitrogens with zero attached hydrogens (tertiary/aromatic N) is 2. The predicted molar refractivity (Wildman–Crippen MR) is 62.2 cm³/mol. The van der Waals surface area contributed by atoms with Gasteiger partial charge in [-0.3, -0.25) is 9.69 Å². The number of rotatable bonds is 2. The van der Waals surface area contributed by atoms with Crippen LogP contribution >= 0.6 is 0 Å². The molecule has 2 heterocycles. The Morgan fingerprint density at radius 3 is 2.75 bits per heavy atom. The van der Waals surface area contributed by atoms with E-state index in [0.717, 1.165) is 26.2 Å². The highest BCUT2D eigenvalue weighted by Crippen LogP contribution is 2.03. The first-order chi connectivity index (χ1) is 7.66. The topological polar surface area (TPSA) is 87.0 Å². The van der Waals surface area contributed by atoms with Gasteiger partial charge in [-0.2, -0.15) is 0 Å². The van der Waals surface area contributed by atoms with Crippen LogP contribution in [0.25, 0.3) is 0 Å². The van der Waals surface area contributed by atoms with Crippen LogP contribution in [0.2, 0.25) is 0 Å². The molecule has 1 aliphatic heterocycles. The Bertz CT molecular complexity index is 422. The van der Waals surface area contributed by atoms with Crippen LogP contribution in [0.15, 0.2) is 4.79 Å². The van der Waals surface area contributed by atoms with Crippen molar-refractivity contribution in [1.29, 1.82) is 0 Å². The van der Waals surface area contributed by atoms with Crippen LogP contribution in [-0.2, 0) is 6.54 Å². The average molecular weight is 223 g/mol. The van der Waals surface area contributed by atoms with Gasteiger partial charge in [0.15, 0.2) is 0 Å². The summed E-state index contributed by atoms with van der Waals surface area (Å²) in [6, 6.07) is 0. The first kappa shape index (κ1) is 11.1. The molecule has 0 spiro atoms. The maximum absolute atomic E-state index is 11.5. The molecule has 1 aliphatic rings. The molecule has 6 heteroatoms. The number of nitrogen functional groups attached to an aromatic ring is 1. The molecule has 16 heavy (non-hydrogen) atoms. The molecule has 88 valence electrons. The van der Waals surface area contributed by atoms with E-state index in [-0.39, 0.29) is 5.56 Å². The zero-order chi connectivity index (χ0) is 11.5. The SMILES string of the molecule is Cc1c(N)nc(CN2CCNCC2)[nH]c1=O. The van der Waals surface area contributed by atoms with Gasteiger partial charge in [-0.15, -0.1) is 0 Å². The Hall–Kier alpha value is -1.40. The van der Waals surface area contributed by atoms with E-state index >= 15 is 0 Å². The number of hydrogen-bond acceptors (Lipinski definition) is 5. The number of H-pyrrole nitrogens is 1. The quantitative estimate of drug-likeness (QED) is 0.602. The molecule has 0 aromatic carbocycles. The predicted octanol–water partition coefficient (Wildman–Crippen LogP) is -0.934. The van der Waals surface area contributed by atoms with Gasteiger partial charge >= 0.3 is 0 Å². The van der Waals surface area contributed by atoms with Crippen molar-refractivity contribution in [1.82, 2.24) is 20.2 Å². The van der Waals surface area contributed by atoms with Gasteiger partial charge in [0.1, 0.15) is 11.6 Å². The minimum atomic E-state index is -0.141. The minimum Gasteiger partial charge on any atom is -0.383 e. The third kappa shape index (κ3) is 2.40. The summed E-state index contributed by atoms with van der Waals surface area (Å²) in [5, 5.41) is 3.27. The number of aromatic nitrogens is 2. The van der Waals surface area contributed by atoms with Gasteiger partial charge in [-0.25, -0.2) is 4.98 Å². The van der Waals surface area contributed by atoms with Crippen LogP contribution < -0.4 is 16.6 Å². The molecule has 4 N–H and O–H groups in total. The summed E-state index contributed by atoms with van der Waals surface area (Å²) in [6.45, 7) is 6.23. The molecule has 6 nitrogen and oxygen atoms in total. The number of aromatic amines is 1. The highest BCUT2D eigenvalue weighted by molar-refractivity contribution is 5.36. The lowest BCUT2D eigenvalue weighted by molar-refractivity contribution is 0.228. The van der Waals surface area contributed by atoms with Crippen LogP contribution in [-0.4, -0.2) is 41.0 Å². The molecule has 0 bridgehead atoms. The molecule has 1 aromatic heterocycles. The fraction of sp³-hybridized carbons (Fsp3) is 0.600. The third-order valence-corrected chi connectivity index (χ3v) is 2.82. The van der Waals surface area contributed by atoms with Gasteiger partial charge in [0.25, 0.3) is 5.56 Å². The zero-order valence-electron chi connectivity index (χ0n) is 9.42. The number of nitrogens with two attached hydrogens (primary N) is 1. The first-order valence-electron chi connectivity index (χ1n) is 5.45. The summed E-state index contributed by atoms with van der Waals surface area (Å²) in [7, 11) is 0. The Kier molecular flexibility index (Phi) is 3.21. The first-order valence-corrected chi connectivity index (χ1v) is 5.45. The van der Waals surface area contributed by atoms with Crippen LogP contribution in [0.3, 0.4) is 0 Å². The van der Waals surface area contributed by atoms with Gasteiger partial charge in [-0.1, -0.05) is 0 Å². The van der Waals surface area contributed by atoms with E-state index in [9.17, 15) is 4.79 Å². The standard InChI is InChI=1S/C10H17N5O/c1-7-9(11)13-8(14-10(7)16)6-15-4-2-12-3-5-15/h12H,2-6H2,1H3,(H3,11,13,14,16). The fourth-order valence-electron chi connectivity index (χ4n) is 1.75. The van der Waals surface area contributed by atoms with Crippen molar-refractivity contribution in [2.24, 2.45) is 0 Å². The maximum Gasteiger partial charge on any atom is 0.255 e. The molecule has 0 atom stereocenters. The van der Waals surface area contributed by atoms with Crippen LogP contribution in [0.4, 0.5) is 5.82 Å². The zero-order valence-corrected chi connectivity index (χ0v) is 9.42. The van der Waals surface area contributed by atoms with Crippen LogP contribution in [0.5, 0.6) is 0 Å². The summed E-state index contributed by atoms with van der Waals surface area (Å²) in [6.07, 6.45) is 0. The lowest BCUT2D eigenvalue weighted by Gasteiger charge is -2.26. The lowest BCUT2D eigenvalue weighted by atomic mass is 10.3. The van der Waals surface area contributed by atoms with Gasteiger partial charge < -0.3 is 16.0 Å². The summed E-state index contributed by atoms with van der Waals surface area (Å²) >= 11 is 0. The Balaban J connectivity index is 2.12. The summed E-state index contributed by atoms with van der Waals surface area (Å²) < 4.78 is 0. The highest BCUT2D eigenvalue weighted by Gasteiger charge is 2.12. The van der Waals surface area contributed by atoms with Crippen LogP contribution in [0.1, 0.15) is 11.4 Å². The van der Waals surface area contributed by atoms with E-state index in [4.69, 9.17) is 5.73 Å². The summed E-state index contributed by atoms with van der Waals surface area (Å²) in [5.74, 6) is 0.976. The second-order valence-corrected chi connectivity index (χ2v) is 4.05. The Morgan fingerprint density at radius 1 is 1.44 bits per heavy atom. The van der Waals surface area contributed by atoms with Gasteiger partial charge in [0.05, 0.1) is 12.1 Å². The average Bonchev–Trinajstić information content (AvgIpc) is 2.27. The Morgan fingerprint density at radius 2 is 2.12 bits per heavy atom. The van der Waals surface area contributed by atoms with Crippen molar-refractivity contribution in [2.75, 3.05) is 31.9 Å². The van der Waals surface area contributed by atoms with Crippen molar-refractivity contribution < 1.29 is 0 Å². The maximum atomic E-state index is 11.5. The second-order valence-electron chi connectivity index (χ2n) is 4.05. The number of piperazine rings is 1. The molecule has 1 saturated heterocycles. The molecule has 1 fully saturated rings. The highest BCUT2D eigenvalue weighted by atomic mass is 16.1.